The molecule has 4 amide bonds. The third kappa shape index (κ3) is 5.48. The highest BCUT2D eigenvalue weighted by atomic mass is 35.5. The molecule has 0 radical (unpaired) electrons. The Morgan fingerprint density at radius 1 is 0.971 bits per heavy atom. The van der Waals surface area contributed by atoms with Crippen LogP contribution in [0.1, 0.15) is 36.0 Å². The highest BCUT2D eigenvalue weighted by molar-refractivity contribution is 6.30. The molecule has 10 heteroatoms. The van der Waals surface area contributed by atoms with Gasteiger partial charge in [-0.25, -0.2) is 9.18 Å². The standard InChI is InChI=1S/C24H27ClFN5O3/c25-16-2-1-3-20(14-16)29-24(34)31-13-12-30(23(33)15-4-6-17(26)7-5-15)22(31)21(32)28-19-10-8-18(27)9-11-19/h1-7,14,18-19,22H,8-13,27H2,(H,28,32)(H,29,34). The molecule has 2 aromatic carbocycles. The Balaban J connectivity index is 1.55. The monoisotopic (exact) mass is 487 g/mol. The zero-order valence-corrected chi connectivity index (χ0v) is 19.3. The molecule has 1 unspecified atom stereocenters. The highest BCUT2D eigenvalue weighted by Gasteiger charge is 2.43. The average molecular weight is 488 g/mol. The van der Waals surface area contributed by atoms with Gasteiger partial charge in [-0.15, -0.1) is 0 Å². The van der Waals surface area contributed by atoms with Crippen LogP contribution in [-0.4, -0.2) is 59.0 Å². The molecule has 1 heterocycles. The summed E-state index contributed by atoms with van der Waals surface area (Å²) in [7, 11) is 0. The molecule has 2 fully saturated rings. The summed E-state index contributed by atoms with van der Waals surface area (Å²) in [5.41, 5.74) is 6.68. The summed E-state index contributed by atoms with van der Waals surface area (Å²) in [6, 6.07) is 11.3. The van der Waals surface area contributed by atoms with Gasteiger partial charge >= 0.3 is 6.03 Å². The van der Waals surface area contributed by atoms with Gasteiger partial charge < -0.3 is 21.3 Å². The molecule has 1 saturated carbocycles. The largest absolute Gasteiger partial charge is 0.350 e. The van der Waals surface area contributed by atoms with E-state index in [1.165, 1.54) is 34.1 Å². The first kappa shape index (κ1) is 24.0. The molecule has 4 N–H and O–H groups in total. The number of carbonyl (C=O) groups is 3. The van der Waals surface area contributed by atoms with Crippen LogP contribution in [0.25, 0.3) is 0 Å². The van der Waals surface area contributed by atoms with E-state index in [4.69, 9.17) is 17.3 Å². The molecule has 0 aromatic heterocycles. The van der Waals surface area contributed by atoms with E-state index in [-0.39, 0.29) is 30.7 Å². The number of carbonyl (C=O) groups excluding carboxylic acids is 3. The zero-order valence-electron chi connectivity index (χ0n) is 18.5. The van der Waals surface area contributed by atoms with Crippen molar-refractivity contribution in [3.05, 3.63) is 64.9 Å². The van der Waals surface area contributed by atoms with Gasteiger partial charge in [-0.05, 0) is 68.1 Å². The Kier molecular flexibility index (Phi) is 7.33. The van der Waals surface area contributed by atoms with Gasteiger partial charge in [0.25, 0.3) is 11.8 Å². The molecule has 4 rings (SSSR count). The van der Waals surface area contributed by atoms with E-state index < -0.39 is 29.8 Å². The Hall–Kier alpha value is -3.17. The molecule has 180 valence electrons. The smallest absolute Gasteiger partial charge is 0.323 e. The van der Waals surface area contributed by atoms with Crippen LogP contribution in [0.4, 0.5) is 14.9 Å². The maximum Gasteiger partial charge on any atom is 0.323 e. The minimum absolute atomic E-state index is 0.0754. The Labute approximate surface area is 202 Å². The van der Waals surface area contributed by atoms with Crippen LogP contribution in [0, 0.1) is 5.82 Å². The number of urea groups is 1. The zero-order chi connectivity index (χ0) is 24.2. The molecule has 1 saturated heterocycles. The van der Waals surface area contributed by atoms with E-state index in [0.717, 1.165) is 25.7 Å². The SMILES string of the molecule is NC1CCC(NC(=O)C2N(C(=O)Nc3cccc(Cl)c3)CCN2C(=O)c2ccc(F)cc2)CC1. The van der Waals surface area contributed by atoms with Crippen LogP contribution < -0.4 is 16.4 Å². The van der Waals surface area contributed by atoms with Crippen LogP contribution in [0.5, 0.6) is 0 Å². The number of nitrogens with two attached hydrogens (primary N) is 1. The molecule has 2 aliphatic rings. The van der Waals surface area contributed by atoms with E-state index in [0.29, 0.717) is 10.7 Å². The number of anilines is 1. The number of amides is 4. The second-order valence-corrected chi connectivity index (χ2v) is 9.07. The molecule has 0 bridgehead atoms. The second-order valence-electron chi connectivity index (χ2n) is 8.63. The average Bonchev–Trinajstić information content (AvgIpc) is 3.26. The number of nitrogens with zero attached hydrogens (tertiary/aromatic N) is 2. The number of hydrogen-bond donors (Lipinski definition) is 3. The maximum absolute atomic E-state index is 13.4. The van der Waals surface area contributed by atoms with Crippen molar-refractivity contribution >= 4 is 35.1 Å². The quantitative estimate of drug-likeness (QED) is 0.615. The first-order chi connectivity index (χ1) is 16.3. The summed E-state index contributed by atoms with van der Waals surface area (Å²) >= 11 is 6.01. The summed E-state index contributed by atoms with van der Waals surface area (Å²) in [6.45, 7) is 0.319. The topological polar surface area (TPSA) is 108 Å². The highest BCUT2D eigenvalue weighted by Crippen LogP contribution is 2.23. The van der Waals surface area contributed by atoms with Crippen molar-refractivity contribution in [2.24, 2.45) is 5.73 Å². The maximum atomic E-state index is 13.4. The Morgan fingerprint density at radius 2 is 1.65 bits per heavy atom. The van der Waals surface area contributed by atoms with E-state index in [2.05, 4.69) is 10.6 Å². The summed E-state index contributed by atoms with van der Waals surface area (Å²) in [5.74, 6) is -1.36. The number of halogens is 2. The van der Waals surface area contributed by atoms with Crippen LogP contribution in [0.15, 0.2) is 48.5 Å². The van der Waals surface area contributed by atoms with Crippen LogP contribution >= 0.6 is 11.6 Å². The molecule has 2 aromatic rings. The Morgan fingerprint density at radius 3 is 2.32 bits per heavy atom. The van der Waals surface area contributed by atoms with Crippen molar-refractivity contribution < 1.29 is 18.8 Å². The van der Waals surface area contributed by atoms with E-state index in [1.54, 1.807) is 24.3 Å². The van der Waals surface area contributed by atoms with Crippen molar-refractivity contribution in [3.63, 3.8) is 0 Å². The second kappa shape index (κ2) is 10.4. The lowest BCUT2D eigenvalue weighted by molar-refractivity contribution is -0.128. The van der Waals surface area contributed by atoms with Crippen molar-refractivity contribution in [2.45, 2.75) is 43.9 Å². The van der Waals surface area contributed by atoms with Gasteiger partial charge in [0, 0.05) is 41.4 Å². The number of rotatable bonds is 4. The Bertz CT molecular complexity index is 1060. The fourth-order valence-corrected chi connectivity index (χ4v) is 4.59. The summed E-state index contributed by atoms with van der Waals surface area (Å²) in [4.78, 5) is 42.4. The molecular weight excluding hydrogens is 461 g/mol. The van der Waals surface area contributed by atoms with Gasteiger partial charge in [0.1, 0.15) is 5.82 Å². The van der Waals surface area contributed by atoms with Gasteiger partial charge in [0.15, 0.2) is 6.17 Å². The molecule has 8 nitrogen and oxygen atoms in total. The minimum Gasteiger partial charge on any atom is -0.350 e. The third-order valence-corrected chi connectivity index (χ3v) is 6.45. The van der Waals surface area contributed by atoms with Gasteiger partial charge in [-0.3, -0.25) is 14.5 Å². The molecule has 34 heavy (non-hydrogen) atoms. The number of nitrogens with one attached hydrogen (secondary N) is 2. The van der Waals surface area contributed by atoms with E-state index >= 15 is 0 Å². The van der Waals surface area contributed by atoms with E-state index in [1.807, 2.05) is 0 Å². The van der Waals surface area contributed by atoms with Gasteiger partial charge in [-0.2, -0.15) is 0 Å². The summed E-state index contributed by atoms with van der Waals surface area (Å²) < 4.78 is 13.4. The number of hydrogen-bond acceptors (Lipinski definition) is 4. The van der Waals surface area contributed by atoms with Crippen molar-refractivity contribution in [3.8, 4) is 0 Å². The molecule has 1 atom stereocenters. The van der Waals surface area contributed by atoms with Crippen LogP contribution in [0.2, 0.25) is 5.02 Å². The predicted octanol–water partition coefficient (Wildman–Crippen LogP) is 3.18. The van der Waals surface area contributed by atoms with E-state index in [9.17, 15) is 18.8 Å². The van der Waals surface area contributed by atoms with Gasteiger partial charge in [0.2, 0.25) is 0 Å². The fraction of sp³-hybridized carbons (Fsp3) is 0.375. The van der Waals surface area contributed by atoms with Gasteiger partial charge in [0.05, 0.1) is 0 Å². The minimum atomic E-state index is -1.15. The summed E-state index contributed by atoms with van der Waals surface area (Å²) in [6.07, 6.45) is 1.92. The predicted molar refractivity (Wildman–Crippen MR) is 127 cm³/mol. The molecule has 0 spiro atoms. The molecule has 1 aliphatic heterocycles. The lowest BCUT2D eigenvalue weighted by Gasteiger charge is -2.32. The molecular formula is C24H27ClFN5O3. The van der Waals surface area contributed by atoms with Crippen molar-refractivity contribution in [1.29, 1.82) is 0 Å². The summed E-state index contributed by atoms with van der Waals surface area (Å²) in [5, 5.41) is 6.19. The van der Waals surface area contributed by atoms with Crippen molar-refractivity contribution in [1.82, 2.24) is 15.1 Å². The lowest BCUT2D eigenvalue weighted by Crippen LogP contribution is -2.56. The van der Waals surface area contributed by atoms with Crippen LogP contribution in [0.3, 0.4) is 0 Å². The first-order valence-electron chi connectivity index (χ1n) is 11.3. The third-order valence-electron chi connectivity index (χ3n) is 6.21. The number of benzene rings is 2. The normalized spacial score (nSPS) is 22.4. The first-order valence-corrected chi connectivity index (χ1v) is 11.7. The lowest BCUT2D eigenvalue weighted by atomic mass is 9.92. The van der Waals surface area contributed by atoms with Crippen LogP contribution in [-0.2, 0) is 4.79 Å². The fourth-order valence-electron chi connectivity index (χ4n) is 4.40. The van der Waals surface area contributed by atoms with Crippen molar-refractivity contribution in [2.75, 3.05) is 18.4 Å². The molecule has 1 aliphatic carbocycles. The van der Waals surface area contributed by atoms with Gasteiger partial charge in [-0.1, -0.05) is 17.7 Å².